The van der Waals surface area contributed by atoms with E-state index in [0.717, 1.165) is 6.07 Å². The molecule has 15 heavy (non-hydrogen) atoms. The van der Waals surface area contributed by atoms with E-state index in [2.05, 4.69) is 0 Å². The Hall–Kier alpha value is -1.36. The molecule has 0 saturated heterocycles. The zero-order valence-corrected chi connectivity index (χ0v) is 7.84. The minimum atomic E-state index is -1.24. The summed E-state index contributed by atoms with van der Waals surface area (Å²) >= 11 is 0. The van der Waals surface area contributed by atoms with Crippen LogP contribution in [0.3, 0.4) is 0 Å². The first-order valence-corrected chi connectivity index (χ1v) is 4.37. The molecule has 1 aromatic carbocycles. The fraction of sp³-hybridized carbons (Fsp3) is 0.300. The van der Waals surface area contributed by atoms with Crippen LogP contribution in [0.2, 0.25) is 0 Å². The summed E-state index contributed by atoms with van der Waals surface area (Å²) in [7, 11) is 0. The van der Waals surface area contributed by atoms with Gasteiger partial charge in [0, 0.05) is 18.5 Å². The van der Waals surface area contributed by atoms with Gasteiger partial charge in [-0.15, -0.1) is 0 Å². The second-order valence-corrected chi connectivity index (χ2v) is 3.22. The van der Waals surface area contributed by atoms with Gasteiger partial charge in [-0.2, -0.15) is 0 Å². The molecule has 0 saturated carbocycles. The lowest BCUT2D eigenvalue weighted by Gasteiger charge is -2.09. The van der Waals surface area contributed by atoms with Crippen molar-refractivity contribution in [1.82, 2.24) is 0 Å². The van der Waals surface area contributed by atoms with Crippen molar-refractivity contribution in [2.45, 2.75) is 18.9 Å². The highest BCUT2D eigenvalue weighted by molar-refractivity contribution is 5.50. The van der Waals surface area contributed by atoms with Crippen molar-refractivity contribution < 1.29 is 18.0 Å². The van der Waals surface area contributed by atoms with Crippen molar-refractivity contribution in [3.8, 4) is 0 Å². The van der Waals surface area contributed by atoms with E-state index in [4.69, 9.17) is 5.73 Å². The fourth-order valence-electron chi connectivity index (χ4n) is 1.21. The van der Waals surface area contributed by atoms with Crippen molar-refractivity contribution >= 4 is 6.29 Å². The van der Waals surface area contributed by atoms with Gasteiger partial charge in [-0.1, -0.05) is 0 Å². The molecule has 1 aromatic rings. The number of rotatable bonds is 4. The van der Waals surface area contributed by atoms with Gasteiger partial charge in [0.2, 0.25) is 0 Å². The van der Waals surface area contributed by atoms with Gasteiger partial charge in [-0.3, -0.25) is 0 Å². The number of carbonyl (C=O) groups excluding carboxylic acids is 1. The normalized spacial score (nSPS) is 12.5. The van der Waals surface area contributed by atoms with Crippen LogP contribution in [-0.2, 0) is 11.2 Å². The minimum absolute atomic E-state index is 0.00176. The Kier molecular flexibility index (Phi) is 3.85. The van der Waals surface area contributed by atoms with Crippen LogP contribution in [0.1, 0.15) is 12.0 Å². The van der Waals surface area contributed by atoms with E-state index in [9.17, 15) is 18.0 Å². The van der Waals surface area contributed by atoms with Gasteiger partial charge in [0.25, 0.3) is 0 Å². The highest BCUT2D eigenvalue weighted by Gasteiger charge is 2.12. The zero-order valence-electron chi connectivity index (χ0n) is 7.84. The van der Waals surface area contributed by atoms with Gasteiger partial charge in [0.05, 0.1) is 0 Å². The molecule has 0 spiro atoms. The monoisotopic (exact) mass is 217 g/mol. The molecular weight excluding hydrogens is 207 g/mol. The Labute approximate surface area is 84.9 Å². The largest absolute Gasteiger partial charge is 0.327 e. The van der Waals surface area contributed by atoms with E-state index >= 15 is 0 Å². The molecule has 1 unspecified atom stereocenters. The van der Waals surface area contributed by atoms with Gasteiger partial charge in [0.1, 0.15) is 12.1 Å². The second-order valence-electron chi connectivity index (χ2n) is 3.22. The Morgan fingerprint density at radius 1 is 1.20 bits per heavy atom. The Bertz CT molecular complexity index is 368. The summed E-state index contributed by atoms with van der Waals surface area (Å²) in [5, 5.41) is 0. The number of hydrogen-bond donors (Lipinski definition) is 1. The average molecular weight is 217 g/mol. The number of hydrogen-bond acceptors (Lipinski definition) is 2. The van der Waals surface area contributed by atoms with Crippen molar-refractivity contribution in [2.75, 3.05) is 0 Å². The first kappa shape index (κ1) is 11.7. The molecule has 2 nitrogen and oxygen atoms in total. The van der Waals surface area contributed by atoms with Gasteiger partial charge >= 0.3 is 0 Å². The quantitative estimate of drug-likeness (QED) is 0.614. The van der Waals surface area contributed by atoms with E-state index in [0.29, 0.717) is 12.4 Å². The zero-order chi connectivity index (χ0) is 11.4. The molecule has 0 aliphatic heterocycles. The minimum Gasteiger partial charge on any atom is -0.327 e. The summed E-state index contributed by atoms with van der Waals surface area (Å²) < 4.78 is 38.4. The van der Waals surface area contributed by atoms with Crippen LogP contribution in [0.15, 0.2) is 12.1 Å². The molecule has 0 heterocycles. The Morgan fingerprint density at radius 3 is 2.40 bits per heavy atom. The number of halogens is 3. The molecule has 2 N–H and O–H groups in total. The summed E-state index contributed by atoms with van der Waals surface area (Å²) in [6.45, 7) is 0. The third-order valence-electron chi connectivity index (χ3n) is 1.97. The van der Waals surface area contributed by atoms with Gasteiger partial charge in [0.15, 0.2) is 11.6 Å². The molecule has 1 atom stereocenters. The predicted molar refractivity (Wildman–Crippen MR) is 48.7 cm³/mol. The third kappa shape index (κ3) is 3.06. The lowest BCUT2D eigenvalue weighted by molar-refractivity contribution is -0.108. The lowest BCUT2D eigenvalue weighted by Crippen LogP contribution is -2.23. The number of carbonyl (C=O) groups is 1. The van der Waals surface area contributed by atoms with Crippen LogP contribution in [0.5, 0.6) is 0 Å². The molecule has 0 radical (unpaired) electrons. The summed E-state index contributed by atoms with van der Waals surface area (Å²) in [5.74, 6) is -3.21. The van der Waals surface area contributed by atoms with E-state index in [1.54, 1.807) is 0 Å². The van der Waals surface area contributed by atoms with Crippen molar-refractivity contribution in [1.29, 1.82) is 0 Å². The predicted octanol–water partition coefficient (Wildman–Crippen LogP) is 1.56. The molecule has 0 bridgehead atoms. The molecule has 0 aromatic heterocycles. The van der Waals surface area contributed by atoms with Crippen LogP contribution in [0.25, 0.3) is 0 Å². The maximum absolute atomic E-state index is 13.1. The molecule has 1 rings (SSSR count). The maximum atomic E-state index is 13.1. The van der Waals surface area contributed by atoms with E-state index in [-0.39, 0.29) is 18.4 Å². The first-order valence-electron chi connectivity index (χ1n) is 4.37. The van der Waals surface area contributed by atoms with Crippen LogP contribution in [0, 0.1) is 17.5 Å². The van der Waals surface area contributed by atoms with E-state index < -0.39 is 23.5 Å². The molecule has 0 fully saturated rings. The summed E-state index contributed by atoms with van der Waals surface area (Å²) in [4.78, 5) is 10.1. The highest BCUT2D eigenvalue weighted by Crippen LogP contribution is 2.15. The lowest BCUT2D eigenvalue weighted by atomic mass is 10.0. The summed E-state index contributed by atoms with van der Waals surface area (Å²) in [6, 6.07) is 0.648. The molecular formula is C10H10F3NO. The number of nitrogens with two attached hydrogens (primary N) is 1. The van der Waals surface area contributed by atoms with Crippen LogP contribution < -0.4 is 5.73 Å². The molecule has 82 valence electrons. The van der Waals surface area contributed by atoms with Crippen molar-refractivity contribution in [3.63, 3.8) is 0 Å². The molecule has 0 amide bonds. The van der Waals surface area contributed by atoms with Crippen LogP contribution in [0.4, 0.5) is 13.2 Å². The Balaban J connectivity index is 2.85. The highest BCUT2D eigenvalue weighted by atomic mass is 19.2. The molecule has 0 aliphatic carbocycles. The van der Waals surface area contributed by atoms with Gasteiger partial charge in [-0.05, 0) is 18.1 Å². The standard InChI is InChI=1S/C10H10F3NO/c11-8-5-10(13)9(12)4-6(8)3-7(14)1-2-15/h2,4-5,7H,1,3,14H2. The smallest absolute Gasteiger partial charge is 0.161 e. The van der Waals surface area contributed by atoms with Crippen molar-refractivity contribution in [3.05, 3.63) is 35.1 Å². The average Bonchev–Trinajstić information content (AvgIpc) is 2.14. The number of benzene rings is 1. The van der Waals surface area contributed by atoms with E-state index in [1.807, 2.05) is 0 Å². The summed E-state index contributed by atoms with van der Waals surface area (Å²) in [6.07, 6.45) is 0.655. The van der Waals surface area contributed by atoms with Crippen LogP contribution in [-0.4, -0.2) is 12.3 Å². The summed E-state index contributed by atoms with van der Waals surface area (Å²) in [5.41, 5.74) is 5.43. The Morgan fingerprint density at radius 2 is 1.80 bits per heavy atom. The first-order chi connectivity index (χ1) is 7.04. The van der Waals surface area contributed by atoms with Gasteiger partial charge < -0.3 is 10.5 Å². The van der Waals surface area contributed by atoms with Gasteiger partial charge in [-0.25, -0.2) is 13.2 Å². The molecule has 0 aliphatic rings. The molecule has 5 heteroatoms. The third-order valence-corrected chi connectivity index (χ3v) is 1.97. The SMILES string of the molecule is NC(CC=O)Cc1cc(F)c(F)cc1F. The second kappa shape index (κ2) is 4.93. The maximum Gasteiger partial charge on any atom is 0.161 e. The van der Waals surface area contributed by atoms with E-state index in [1.165, 1.54) is 0 Å². The topological polar surface area (TPSA) is 43.1 Å². The van der Waals surface area contributed by atoms with Crippen molar-refractivity contribution in [2.24, 2.45) is 5.73 Å². The number of aldehydes is 1. The fourth-order valence-corrected chi connectivity index (χ4v) is 1.21. The van der Waals surface area contributed by atoms with Crippen LogP contribution >= 0.6 is 0 Å².